The predicted molar refractivity (Wildman–Crippen MR) is 141 cm³/mol. The average molecular weight is 429 g/mol. The molecule has 0 aromatic heterocycles. The van der Waals surface area contributed by atoms with Crippen LogP contribution in [0.3, 0.4) is 0 Å². The molecule has 0 amide bonds. The van der Waals surface area contributed by atoms with Crippen LogP contribution in [0.2, 0.25) is 0 Å². The molecular weight excluding hydrogens is 384 g/mol. The van der Waals surface area contributed by atoms with Crippen LogP contribution in [-0.2, 0) is 0 Å². The van der Waals surface area contributed by atoms with E-state index in [2.05, 4.69) is 68.5 Å². The second-order valence-corrected chi connectivity index (χ2v) is 10.5. The molecule has 2 aliphatic rings. The van der Waals surface area contributed by atoms with E-state index in [-0.39, 0.29) is 0 Å². The van der Waals surface area contributed by atoms with Crippen LogP contribution < -0.4 is 0 Å². The Balaban J connectivity index is 1.31. The molecule has 4 rings (SSSR count). The highest BCUT2D eigenvalue weighted by molar-refractivity contribution is 5.71. The van der Waals surface area contributed by atoms with Gasteiger partial charge in [0.15, 0.2) is 0 Å². The first kappa shape index (κ1) is 23.3. The minimum atomic E-state index is 0.780. The zero-order valence-electron chi connectivity index (χ0n) is 20.6. The third kappa shape index (κ3) is 6.15. The van der Waals surface area contributed by atoms with Crippen LogP contribution in [-0.4, -0.2) is 0 Å². The Morgan fingerprint density at radius 3 is 1.91 bits per heavy atom. The molecule has 2 aromatic rings. The molecule has 1 atom stereocenters. The summed E-state index contributed by atoms with van der Waals surface area (Å²) in [4.78, 5) is 0. The van der Waals surface area contributed by atoms with Gasteiger partial charge in [-0.15, -0.1) is 0 Å². The van der Waals surface area contributed by atoms with E-state index >= 15 is 0 Å². The fraction of sp³-hybridized carbons (Fsp3) is 0.562. The van der Waals surface area contributed by atoms with Gasteiger partial charge in [-0.3, -0.25) is 0 Å². The summed E-state index contributed by atoms with van der Waals surface area (Å²) in [5, 5.41) is 0. The van der Waals surface area contributed by atoms with Crippen molar-refractivity contribution in [3.63, 3.8) is 0 Å². The summed E-state index contributed by atoms with van der Waals surface area (Å²) >= 11 is 0. The summed E-state index contributed by atoms with van der Waals surface area (Å²) in [6.45, 7) is 4.65. The van der Waals surface area contributed by atoms with Crippen LogP contribution in [0.4, 0.5) is 0 Å². The summed E-state index contributed by atoms with van der Waals surface area (Å²) in [6.07, 6.45) is 20.4. The highest BCUT2D eigenvalue weighted by Gasteiger charge is 2.21. The van der Waals surface area contributed by atoms with Gasteiger partial charge >= 0.3 is 0 Å². The van der Waals surface area contributed by atoms with E-state index in [4.69, 9.17) is 0 Å². The average Bonchev–Trinajstić information content (AvgIpc) is 2.87. The summed E-state index contributed by atoms with van der Waals surface area (Å²) in [5.41, 5.74) is 7.26. The minimum Gasteiger partial charge on any atom is -0.0804 e. The molecule has 32 heavy (non-hydrogen) atoms. The fourth-order valence-corrected chi connectivity index (χ4v) is 6.00. The van der Waals surface area contributed by atoms with Crippen LogP contribution >= 0.6 is 0 Å². The maximum absolute atomic E-state index is 2.53. The van der Waals surface area contributed by atoms with Gasteiger partial charge in [-0.1, -0.05) is 107 Å². The van der Waals surface area contributed by atoms with Crippen molar-refractivity contribution >= 4 is 5.57 Å². The number of hydrogen-bond donors (Lipinski definition) is 0. The lowest BCUT2D eigenvalue weighted by Gasteiger charge is -2.28. The first-order valence-corrected chi connectivity index (χ1v) is 13.7. The Morgan fingerprint density at radius 1 is 0.656 bits per heavy atom. The highest BCUT2D eigenvalue weighted by Crippen LogP contribution is 2.38. The van der Waals surface area contributed by atoms with Crippen molar-refractivity contribution in [3.8, 4) is 11.1 Å². The van der Waals surface area contributed by atoms with Crippen LogP contribution in [0.15, 0.2) is 54.6 Å². The van der Waals surface area contributed by atoms with Gasteiger partial charge in [0, 0.05) is 0 Å². The van der Waals surface area contributed by atoms with Gasteiger partial charge in [0.05, 0.1) is 0 Å². The number of hydrogen-bond acceptors (Lipinski definition) is 0. The molecule has 0 heterocycles. The van der Waals surface area contributed by atoms with Crippen molar-refractivity contribution in [3.05, 3.63) is 65.7 Å². The van der Waals surface area contributed by atoms with Crippen molar-refractivity contribution in [2.75, 3.05) is 0 Å². The molecule has 172 valence electrons. The standard InChI is InChI=1S/C32H44/c1-3-5-6-7-8-26-11-15-28(16-12-26)30-19-23-32(24-20-30)31-21-17-29(18-22-31)27-13-9-25(4-2)10-14-27/h15,17-27H,3-14,16H2,1-2H3. The highest BCUT2D eigenvalue weighted by atomic mass is 14.3. The molecule has 0 spiro atoms. The Labute approximate surface area is 197 Å². The normalized spacial score (nSPS) is 23.7. The van der Waals surface area contributed by atoms with E-state index < -0.39 is 0 Å². The Morgan fingerprint density at radius 2 is 1.31 bits per heavy atom. The summed E-state index contributed by atoms with van der Waals surface area (Å²) in [7, 11) is 0. The second kappa shape index (κ2) is 11.9. The van der Waals surface area contributed by atoms with Crippen molar-refractivity contribution < 1.29 is 0 Å². The molecule has 0 nitrogen and oxygen atoms in total. The summed E-state index contributed by atoms with van der Waals surface area (Å²) in [6, 6.07) is 18.8. The predicted octanol–water partition coefficient (Wildman–Crippen LogP) is 10.2. The number of benzene rings is 2. The lowest BCUT2D eigenvalue weighted by atomic mass is 9.77. The van der Waals surface area contributed by atoms with Crippen molar-refractivity contribution in [1.82, 2.24) is 0 Å². The van der Waals surface area contributed by atoms with Crippen LogP contribution in [0.1, 0.15) is 114 Å². The first-order chi connectivity index (χ1) is 15.8. The van der Waals surface area contributed by atoms with Crippen molar-refractivity contribution in [2.24, 2.45) is 11.8 Å². The van der Waals surface area contributed by atoms with Gasteiger partial charge < -0.3 is 0 Å². The molecule has 0 bridgehead atoms. The molecule has 2 aromatic carbocycles. The van der Waals surface area contributed by atoms with Gasteiger partial charge in [-0.25, -0.2) is 0 Å². The van der Waals surface area contributed by atoms with Gasteiger partial charge in [0.2, 0.25) is 0 Å². The van der Waals surface area contributed by atoms with Crippen LogP contribution in [0.25, 0.3) is 16.7 Å². The molecule has 0 heteroatoms. The van der Waals surface area contributed by atoms with E-state index in [1.54, 1.807) is 11.1 Å². The third-order valence-electron chi connectivity index (χ3n) is 8.38. The number of allylic oxidation sites excluding steroid dienone is 2. The van der Waals surface area contributed by atoms with E-state index in [1.807, 2.05) is 0 Å². The Bertz CT molecular complexity index is 831. The molecular formula is C32H44. The van der Waals surface area contributed by atoms with Crippen molar-refractivity contribution in [1.29, 1.82) is 0 Å². The molecule has 1 unspecified atom stereocenters. The number of unbranched alkanes of at least 4 members (excludes halogenated alkanes) is 3. The van der Waals surface area contributed by atoms with Gasteiger partial charge in [0.1, 0.15) is 0 Å². The zero-order valence-corrected chi connectivity index (χ0v) is 20.6. The molecule has 1 saturated carbocycles. The Kier molecular flexibility index (Phi) is 8.66. The largest absolute Gasteiger partial charge is 0.0804 e. The monoisotopic (exact) mass is 428 g/mol. The summed E-state index contributed by atoms with van der Waals surface area (Å²) in [5.74, 6) is 2.67. The maximum Gasteiger partial charge on any atom is -0.0162 e. The topological polar surface area (TPSA) is 0 Å². The van der Waals surface area contributed by atoms with Crippen LogP contribution in [0.5, 0.6) is 0 Å². The SMILES string of the molecule is CCCCCCC1CC=C(c2ccc(-c3ccc(C4CCC(CC)CC4)cc3)cc2)CC1. The quantitative estimate of drug-likeness (QED) is 0.348. The molecule has 1 fully saturated rings. The van der Waals surface area contributed by atoms with Gasteiger partial charge in [-0.05, 0) is 90.5 Å². The lowest BCUT2D eigenvalue weighted by Crippen LogP contribution is -2.12. The van der Waals surface area contributed by atoms with E-state index in [9.17, 15) is 0 Å². The van der Waals surface area contributed by atoms with Gasteiger partial charge in [0.25, 0.3) is 0 Å². The molecule has 0 aliphatic heterocycles. The Hall–Kier alpha value is -1.82. The van der Waals surface area contributed by atoms with E-state index in [1.165, 1.54) is 100 Å². The smallest absolute Gasteiger partial charge is 0.0162 e. The summed E-state index contributed by atoms with van der Waals surface area (Å²) < 4.78 is 0. The zero-order chi connectivity index (χ0) is 22.2. The molecule has 2 aliphatic carbocycles. The fourth-order valence-electron chi connectivity index (χ4n) is 6.00. The van der Waals surface area contributed by atoms with Crippen molar-refractivity contribution in [2.45, 2.75) is 103 Å². The van der Waals surface area contributed by atoms with E-state index in [0.29, 0.717) is 0 Å². The number of rotatable bonds is 9. The minimum absolute atomic E-state index is 0.780. The van der Waals surface area contributed by atoms with Crippen LogP contribution in [0, 0.1) is 11.8 Å². The van der Waals surface area contributed by atoms with Gasteiger partial charge in [-0.2, -0.15) is 0 Å². The first-order valence-electron chi connectivity index (χ1n) is 13.7. The molecule has 0 radical (unpaired) electrons. The third-order valence-corrected chi connectivity index (χ3v) is 8.38. The molecule has 0 N–H and O–H groups in total. The maximum atomic E-state index is 2.53. The second-order valence-electron chi connectivity index (χ2n) is 10.5. The molecule has 0 saturated heterocycles. The lowest BCUT2D eigenvalue weighted by molar-refractivity contribution is 0.319. The van der Waals surface area contributed by atoms with E-state index in [0.717, 1.165) is 17.8 Å².